The van der Waals surface area contributed by atoms with Gasteiger partial charge in [0.25, 0.3) is 0 Å². The molecule has 0 fully saturated rings. The minimum absolute atomic E-state index is 0.0512. The Hall–Kier alpha value is -2.59. The maximum absolute atomic E-state index is 12.1. The van der Waals surface area contributed by atoms with Crippen LogP contribution in [0.4, 0.5) is 5.82 Å². The molecule has 0 unspecified atom stereocenters. The highest BCUT2D eigenvalue weighted by molar-refractivity contribution is 6.30. The number of amides is 1. The maximum atomic E-state index is 12.1. The van der Waals surface area contributed by atoms with Gasteiger partial charge in [0.05, 0.1) is 11.4 Å². The van der Waals surface area contributed by atoms with E-state index >= 15 is 0 Å². The highest BCUT2D eigenvalue weighted by atomic mass is 35.5. The molecule has 2 aromatic carbocycles. The van der Waals surface area contributed by atoms with Crippen LogP contribution in [0.1, 0.15) is 13.8 Å². The van der Waals surface area contributed by atoms with Gasteiger partial charge in [-0.3, -0.25) is 4.79 Å². The monoisotopic (exact) mass is 339 g/mol. The van der Waals surface area contributed by atoms with Crippen LogP contribution in [-0.2, 0) is 4.79 Å². The van der Waals surface area contributed by atoms with Crippen molar-refractivity contribution in [2.75, 3.05) is 5.32 Å². The average Bonchev–Trinajstić information content (AvgIpc) is 2.99. The van der Waals surface area contributed by atoms with Gasteiger partial charge in [-0.15, -0.1) is 0 Å². The summed E-state index contributed by atoms with van der Waals surface area (Å²) in [6.07, 6.45) is 0. The van der Waals surface area contributed by atoms with E-state index in [1.807, 2.05) is 74.5 Å². The molecule has 0 saturated heterocycles. The molecule has 0 aliphatic carbocycles. The van der Waals surface area contributed by atoms with Crippen LogP contribution in [-0.4, -0.2) is 15.7 Å². The highest BCUT2D eigenvalue weighted by Crippen LogP contribution is 2.26. The normalized spacial score (nSPS) is 10.8. The first-order valence-electron chi connectivity index (χ1n) is 7.77. The number of nitrogens with zero attached hydrogens (tertiary/aromatic N) is 2. The van der Waals surface area contributed by atoms with Crippen LogP contribution in [0.15, 0.2) is 60.7 Å². The van der Waals surface area contributed by atoms with Crippen LogP contribution >= 0.6 is 11.6 Å². The molecule has 4 nitrogen and oxygen atoms in total. The van der Waals surface area contributed by atoms with Crippen LogP contribution < -0.4 is 5.32 Å². The summed E-state index contributed by atoms with van der Waals surface area (Å²) in [7, 11) is 0. The summed E-state index contributed by atoms with van der Waals surface area (Å²) in [5.41, 5.74) is 2.53. The molecule has 0 spiro atoms. The predicted octanol–water partition coefficient (Wildman–Crippen LogP) is 4.79. The van der Waals surface area contributed by atoms with Gasteiger partial charge in [-0.05, 0) is 24.3 Å². The second-order valence-electron chi connectivity index (χ2n) is 5.82. The summed E-state index contributed by atoms with van der Waals surface area (Å²) >= 11 is 6.08. The average molecular weight is 340 g/mol. The molecule has 0 aliphatic rings. The quantitative estimate of drug-likeness (QED) is 0.743. The van der Waals surface area contributed by atoms with Crippen molar-refractivity contribution in [1.29, 1.82) is 0 Å². The van der Waals surface area contributed by atoms with Crippen LogP contribution in [0.3, 0.4) is 0 Å². The third-order valence-corrected chi connectivity index (χ3v) is 3.84. The second-order valence-corrected chi connectivity index (χ2v) is 6.25. The van der Waals surface area contributed by atoms with E-state index in [-0.39, 0.29) is 11.8 Å². The van der Waals surface area contributed by atoms with Crippen molar-refractivity contribution < 1.29 is 4.79 Å². The van der Waals surface area contributed by atoms with E-state index in [0.717, 1.165) is 16.9 Å². The van der Waals surface area contributed by atoms with Crippen LogP contribution in [0.2, 0.25) is 5.02 Å². The largest absolute Gasteiger partial charge is 0.310 e. The lowest BCUT2D eigenvalue weighted by atomic mass is 10.1. The summed E-state index contributed by atoms with van der Waals surface area (Å²) < 4.78 is 1.73. The maximum Gasteiger partial charge on any atom is 0.228 e. The Balaban J connectivity index is 2.07. The first-order chi connectivity index (χ1) is 11.5. The Bertz CT molecular complexity index is 856. The van der Waals surface area contributed by atoms with E-state index in [2.05, 4.69) is 10.4 Å². The number of carbonyl (C=O) groups excluding carboxylic acids is 1. The molecule has 0 aliphatic heterocycles. The van der Waals surface area contributed by atoms with Gasteiger partial charge in [0.15, 0.2) is 0 Å². The number of aromatic nitrogens is 2. The van der Waals surface area contributed by atoms with Crippen molar-refractivity contribution in [3.05, 3.63) is 65.7 Å². The topological polar surface area (TPSA) is 46.9 Å². The van der Waals surface area contributed by atoms with Crippen molar-refractivity contribution >= 4 is 23.3 Å². The van der Waals surface area contributed by atoms with E-state index in [9.17, 15) is 4.79 Å². The van der Waals surface area contributed by atoms with Crippen LogP contribution in [0, 0.1) is 5.92 Å². The Labute approximate surface area is 146 Å². The third-order valence-electron chi connectivity index (χ3n) is 3.61. The van der Waals surface area contributed by atoms with Crippen molar-refractivity contribution in [2.45, 2.75) is 13.8 Å². The van der Waals surface area contributed by atoms with Gasteiger partial charge in [0.1, 0.15) is 5.82 Å². The van der Waals surface area contributed by atoms with Gasteiger partial charge < -0.3 is 5.32 Å². The van der Waals surface area contributed by atoms with E-state index in [4.69, 9.17) is 11.6 Å². The number of benzene rings is 2. The van der Waals surface area contributed by atoms with Gasteiger partial charge in [0.2, 0.25) is 5.91 Å². The zero-order chi connectivity index (χ0) is 17.1. The molecule has 1 N–H and O–H groups in total. The van der Waals surface area contributed by atoms with Crippen molar-refractivity contribution in [1.82, 2.24) is 9.78 Å². The molecule has 122 valence electrons. The number of halogens is 1. The number of nitrogens with one attached hydrogen (secondary N) is 1. The zero-order valence-electron chi connectivity index (χ0n) is 13.5. The molecule has 3 aromatic rings. The first-order valence-corrected chi connectivity index (χ1v) is 8.14. The Morgan fingerprint density at radius 2 is 1.83 bits per heavy atom. The Morgan fingerprint density at radius 3 is 2.50 bits per heavy atom. The molecule has 1 aromatic heterocycles. The number of hydrogen-bond donors (Lipinski definition) is 1. The van der Waals surface area contributed by atoms with Gasteiger partial charge in [0, 0.05) is 22.6 Å². The molecule has 5 heteroatoms. The molecule has 0 bridgehead atoms. The molecule has 3 rings (SSSR count). The molecule has 1 heterocycles. The predicted molar refractivity (Wildman–Crippen MR) is 97.5 cm³/mol. The first kappa shape index (κ1) is 16.3. The number of anilines is 1. The van der Waals surface area contributed by atoms with Gasteiger partial charge in [-0.2, -0.15) is 5.10 Å². The zero-order valence-corrected chi connectivity index (χ0v) is 14.3. The van der Waals surface area contributed by atoms with Crippen LogP contribution in [0.5, 0.6) is 0 Å². The minimum Gasteiger partial charge on any atom is -0.310 e. The number of para-hydroxylation sites is 1. The van der Waals surface area contributed by atoms with E-state index in [1.54, 1.807) is 4.68 Å². The third kappa shape index (κ3) is 3.49. The molecule has 0 radical (unpaired) electrons. The fraction of sp³-hybridized carbons (Fsp3) is 0.158. The number of carbonyl (C=O) groups is 1. The lowest BCUT2D eigenvalue weighted by Crippen LogP contribution is -2.19. The van der Waals surface area contributed by atoms with E-state index in [1.165, 1.54) is 0 Å². The minimum atomic E-state index is -0.112. The summed E-state index contributed by atoms with van der Waals surface area (Å²) in [5, 5.41) is 8.24. The summed E-state index contributed by atoms with van der Waals surface area (Å²) in [6, 6.07) is 19.1. The Kier molecular flexibility index (Phi) is 4.67. The SMILES string of the molecule is CC(C)C(=O)Nc1cc(-c2cccc(Cl)c2)nn1-c1ccccc1. The lowest BCUT2D eigenvalue weighted by Gasteiger charge is -2.10. The fourth-order valence-corrected chi connectivity index (χ4v) is 2.49. The molecule has 0 saturated carbocycles. The van der Waals surface area contributed by atoms with Crippen molar-refractivity contribution in [3.63, 3.8) is 0 Å². The summed E-state index contributed by atoms with van der Waals surface area (Å²) in [4.78, 5) is 12.1. The highest BCUT2D eigenvalue weighted by Gasteiger charge is 2.15. The lowest BCUT2D eigenvalue weighted by molar-refractivity contribution is -0.118. The van der Waals surface area contributed by atoms with Crippen LogP contribution in [0.25, 0.3) is 16.9 Å². The smallest absolute Gasteiger partial charge is 0.228 e. The van der Waals surface area contributed by atoms with Crippen molar-refractivity contribution in [2.24, 2.45) is 5.92 Å². The molecule has 1 amide bonds. The Morgan fingerprint density at radius 1 is 1.08 bits per heavy atom. The van der Waals surface area contributed by atoms with E-state index < -0.39 is 0 Å². The van der Waals surface area contributed by atoms with Crippen molar-refractivity contribution in [3.8, 4) is 16.9 Å². The number of hydrogen-bond acceptors (Lipinski definition) is 2. The standard InChI is InChI=1S/C19H18ClN3O/c1-13(2)19(24)21-18-12-17(14-7-6-8-15(20)11-14)22-23(18)16-9-4-3-5-10-16/h3-13H,1-2H3,(H,21,24). The second kappa shape index (κ2) is 6.89. The van der Waals surface area contributed by atoms with Gasteiger partial charge in [-0.1, -0.05) is 55.8 Å². The van der Waals surface area contributed by atoms with E-state index in [0.29, 0.717) is 10.8 Å². The molecule has 24 heavy (non-hydrogen) atoms. The number of rotatable bonds is 4. The van der Waals surface area contributed by atoms with Gasteiger partial charge >= 0.3 is 0 Å². The summed E-state index contributed by atoms with van der Waals surface area (Å²) in [6.45, 7) is 3.72. The summed E-state index contributed by atoms with van der Waals surface area (Å²) in [5.74, 6) is 0.471. The molecular formula is C19H18ClN3O. The molecular weight excluding hydrogens is 322 g/mol. The fourth-order valence-electron chi connectivity index (χ4n) is 2.30. The van der Waals surface area contributed by atoms with Gasteiger partial charge in [-0.25, -0.2) is 4.68 Å². The molecule has 0 atom stereocenters.